The maximum Gasteiger partial charge on any atom is 0.221 e. The number of rotatable bonds is 10. The maximum absolute atomic E-state index is 11.4. The van der Waals surface area contributed by atoms with E-state index in [4.69, 9.17) is 5.73 Å². The van der Waals surface area contributed by atoms with Gasteiger partial charge in [-0.2, -0.15) is 0 Å². The number of amides is 1. The van der Waals surface area contributed by atoms with E-state index in [0.717, 1.165) is 71.0 Å². The molecule has 1 aliphatic heterocycles. The van der Waals surface area contributed by atoms with Crippen LogP contribution in [0, 0.1) is 12.8 Å². The highest BCUT2D eigenvalue weighted by Gasteiger charge is 2.23. The van der Waals surface area contributed by atoms with Gasteiger partial charge in [-0.05, 0) is 63.9 Å². The van der Waals surface area contributed by atoms with Crippen molar-refractivity contribution in [2.75, 3.05) is 57.8 Å². The Balaban J connectivity index is 0.00000450. The van der Waals surface area contributed by atoms with Crippen LogP contribution in [0.1, 0.15) is 31.7 Å². The molecule has 1 fully saturated rings. The molecule has 0 spiro atoms. The van der Waals surface area contributed by atoms with E-state index in [2.05, 4.69) is 63.5 Å². The van der Waals surface area contributed by atoms with Crippen LogP contribution in [0.3, 0.4) is 0 Å². The third-order valence-corrected chi connectivity index (χ3v) is 5.50. The molecule has 7 nitrogen and oxygen atoms in total. The number of guanidine groups is 1. The molecule has 0 aliphatic carbocycles. The number of nitrogens with one attached hydrogen (secondary N) is 2. The molecule has 0 bridgehead atoms. The molecule has 0 saturated carbocycles. The van der Waals surface area contributed by atoms with Crippen LogP contribution in [-0.4, -0.2) is 69.6 Å². The second-order valence-electron chi connectivity index (χ2n) is 7.74. The van der Waals surface area contributed by atoms with E-state index >= 15 is 0 Å². The normalized spacial score (nSPS) is 17.2. The van der Waals surface area contributed by atoms with E-state index < -0.39 is 0 Å². The highest BCUT2D eigenvalue weighted by molar-refractivity contribution is 14.0. The van der Waals surface area contributed by atoms with Crippen LogP contribution in [0.15, 0.2) is 29.3 Å². The third-order valence-electron chi connectivity index (χ3n) is 5.50. The number of nitrogens with two attached hydrogens (primary N) is 1. The Kier molecular flexibility index (Phi) is 12.8. The van der Waals surface area contributed by atoms with E-state index in [-0.39, 0.29) is 35.8 Å². The molecule has 2 rings (SSSR count). The van der Waals surface area contributed by atoms with E-state index in [1.54, 1.807) is 7.05 Å². The topological polar surface area (TPSA) is 86.0 Å². The zero-order chi connectivity index (χ0) is 21.1. The summed E-state index contributed by atoms with van der Waals surface area (Å²) < 4.78 is 0. The number of likely N-dealkylation sites (N-methyl/N-ethyl adjacent to an activating group) is 1. The standard InChI is InChI=1S/C22H38N6O.HI/c1-4-28(20-10-5-8-18(2)16-20)15-12-26-22(24-3)25-11-7-14-27-13-6-9-19(17-27)21(23)29;/h5,8,10,16,19H,4,6-7,9,11-15,17H2,1-3H3,(H2,23,29)(H2,24,25,26);1H. The monoisotopic (exact) mass is 530 g/mol. The first-order valence-electron chi connectivity index (χ1n) is 10.8. The first kappa shape index (κ1) is 26.5. The number of carbonyl (C=O) groups excluding carboxylic acids is 1. The maximum atomic E-state index is 11.4. The van der Waals surface area contributed by atoms with Crippen molar-refractivity contribution < 1.29 is 4.79 Å². The first-order valence-corrected chi connectivity index (χ1v) is 10.8. The predicted octanol–water partition coefficient (Wildman–Crippen LogP) is 2.19. The van der Waals surface area contributed by atoms with Crippen molar-refractivity contribution in [3.8, 4) is 0 Å². The van der Waals surface area contributed by atoms with Crippen molar-refractivity contribution in [1.82, 2.24) is 15.5 Å². The second-order valence-corrected chi connectivity index (χ2v) is 7.74. The number of hydrogen-bond acceptors (Lipinski definition) is 4. The molecule has 30 heavy (non-hydrogen) atoms. The third kappa shape index (κ3) is 9.07. The fourth-order valence-corrected chi connectivity index (χ4v) is 3.82. The largest absolute Gasteiger partial charge is 0.370 e. The number of aliphatic imine (C=N–C) groups is 1. The Morgan fingerprint density at radius 2 is 2.10 bits per heavy atom. The van der Waals surface area contributed by atoms with E-state index in [9.17, 15) is 4.79 Å². The van der Waals surface area contributed by atoms with Crippen molar-refractivity contribution in [2.24, 2.45) is 16.6 Å². The molecule has 4 N–H and O–H groups in total. The quantitative estimate of drug-likeness (QED) is 0.187. The number of benzene rings is 1. The Morgan fingerprint density at radius 3 is 2.77 bits per heavy atom. The Morgan fingerprint density at radius 1 is 1.33 bits per heavy atom. The molecule has 1 saturated heterocycles. The van der Waals surface area contributed by atoms with Gasteiger partial charge in [0.2, 0.25) is 5.91 Å². The summed E-state index contributed by atoms with van der Waals surface area (Å²) in [5.74, 6) is 0.684. The van der Waals surface area contributed by atoms with Crippen molar-refractivity contribution in [2.45, 2.75) is 33.1 Å². The summed E-state index contributed by atoms with van der Waals surface area (Å²) in [4.78, 5) is 20.4. The smallest absolute Gasteiger partial charge is 0.221 e. The SMILES string of the molecule is CCN(CCNC(=NC)NCCCN1CCCC(C(N)=O)C1)c1cccc(C)c1.I. The number of anilines is 1. The van der Waals surface area contributed by atoms with Gasteiger partial charge in [-0.25, -0.2) is 0 Å². The highest BCUT2D eigenvalue weighted by atomic mass is 127. The number of halogens is 1. The lowest BCUT2D eigenvalue weighted by Crippen LogP contribution is -2.44. The lowest BCUT2D eigenvalue weighted by Gasteiger charge is -2.31. The number of nitrogens with zero attached hydrogens (tertiary/aromatic N) is 3. The van der Waals surface area contributed by atoms with Crippen molar-refractivity contribution in [3.05, 3.63) is 29.8 Å². The molecule has 1 unspecified atom stereocenters. The number of hydrogen-bond donors (Lipinski definition) is 3. The van der Waals surface area contributed by atoms with Gasteiger partial charge in [-0.1, -0.05) is 12.1 Å². The van der Waals surface area contributed by atoms with Crippen molar-refractivity contribution >= 4 is 41.5 Å². The molecule has 1 amide bonds. The number of carbonyl (C=O) groups is 1. The molecule has 1 atom stereocenters. The average molecular weight is 530 g/mol. The van der Waals surface area contributed by atoms with Crippen LogP contribution in [0.2, 0.25) is 0 Å². The van der Waals surface area contributed by atoms with Crippen LogP contribution in [0.5, 0.6) is 0 Å². The minimum atomic E-state index is -0.163. The average Bonchev–Trinajstić information content (AvgIpc) is 2.73. The van der Waals surface area contributed by atoms with Gasteiger partial charge in [0.05, 0.1) is 5.92 Å². The lowest BCUT2D eigenvalue weighted by atomic mass is 9.97. The molecular weight excluding hydrogens is 491 g/mol. The van der Waals surface area contributed by atoms with E-state index in [0.29, 0.717) is 0 Å². The Bertz CT molecular complexity index is 669. The van der Waals surface area contributed by atoms with Crippen molar-refractivity contribution in [3.63, 3.8) is 0 Å². The molecule has 1 aromatic carbocycles. The number of piperidine rings is 1. The van der Waals surface area contributed by atoms with Crippen molar-refractivity contribution in [1.29, 1.82) is 0 Å². The van der Waals surface area contributed by atoms with Gasteiger partial charge in [0.15, 0.2) is 5.96 Å². The Labute approximate surface area is 198 Å². The summed E-state index contributed by atoms with van der Waals surface area (Å²) in [5.41, 5.74) is 8.00. The fourth-order valence-electron chi connectivity index (χ4n) is 3.82. The number of primary amides is 1. The molecule has 1 heterocycles. The van der Waals surface area contributed by atoms with E-state index in [1.807, 2.05) is 0 Å². The lowest BCUT2D eigenvalue weighted by molar-refractivity contribution is -0.123. The van der Waals surface area contributed by atoms with E-state index in [1.165, 1.54) is 11.3 Å². The van der Waals surface area contributed by atoms with Crippen LogP contribution >= 0.6 is 24.0 Å². The van der Waals surface area contributed by atoms with Gasteiger partial charge in [0.25, 0.3) is 0 Å². The zero-order valence-electron chi connectivity index (χ0n) is 18.7. The summed E-state index contributed by atoms with van der Waals surface area (Å²) in [6.45, 7) is 10.7. The van der Waals surface area contributed by atoms with Crippen LogP contribution in [0.25, 0.3) is 0 Å². The fraction of sp³-hybridized carbons (Fsp3) is 0.636. The van der Waals surface area contributed by atoms with Crippen LogP contribution in [-0.2, 0) is 4.79 Å². The van der Waals surface area contributed by atoms with Gasteiger partial charge in [-0.15, -0.1) is 24.0 Å². The molecule has 1 aliphatic rings. The summed E-state index contributed by atoms with van der Waals surface area (Å²) >= 11 is 0. The first-order chi connectivity index (χ1) is 14.0. The Hall–Kier alpha value is -1.55. The summed E-state index contributed by atoms with van der Waals surface area (Å²) in [6.07, 6.45) is 2.99. The van der Waals surface area contributed by atoms with Gasteiger partial charge < -0.3 is 26.2 Å². The summed E-state index contributed by atoms with van der Waals surface area (Å²) in [5, 5.41) is 6.79. The molecule has 0 aromatic heterocycles. The molecule has 170 valence electrons. The minimum absolute atomic E-state index is 0. The second kappa shape index (κ2) is 14.5. The summed E-state index contributed by atoms with van der Waals surface area (Å²) in [6, 6.07) is 8.61. The van der Waals surface area contributed by atoms with Gasteiger partial charge in [-0.3, -0.25) is 9.79 Å². The van der Waals surface area contributed by atoms with Gasteiger partial charge in [0.1, 0.15) is 0 Å². The molecule has 0 radical (unpaired) electrons. The highest BCUT2D eigenvalue weighted by Crippen LogP contribution is 2.16. The van der Waals surface area contributed by atoms with Gasteiger partial charge in [0, 0.05) is 45.5 Å². The number of likely N-dealkylation sites (tertiary alicyclic amines) is 1. The number of aryl methyl sites for hydroxylation is 1. The van der Waals surface area contributed by atoms with Gasteiger partial charge >= 0.3 is 0 Å². The predicted molar refractivity (Wildman–Crippen MR) is 137 cm³/mol. The zero-order valence-corrected chi connectivity index (χ0v) is 21.0. The summed E-state index contributed by atoms with van der Waals surface area (Å²) in [7, 11) is 1.80. The van der Waals surface area contributed by atoms with Crippen LogP contribution < -0.4 is 21.3 Å². The molecule has 8 heteroatoms. The minimum Gasteiger partial charge on any atom is -0.370 e. The molecule has 1 aromatic rings. The van der Waals surface area contributed by atoms with Crippen LogP contribution in [0.4, 0.5) is 5.69 Å². The molecular formula is C22H39IN6O.